The largest absolute Gasteiger partial charge is 0.508 e. The first-order valence-electron chi connectivity index (χ1n) is 11.7. The quantitative estimate of drug-likeness (QED) is 0.253. The number of fused-ring (bicyclic) bond motifs is 2. The van der Waals surface area contributed by atoms with Crippen molar-refractivity contribution in [2.75, 3.05) is 0 Å². The summed E-state index contributed by atoms with van der Waals surface area (Å²) in [4.78, 5) is 4.70. The SMILES string of the molecule is NC1=NC2c3ccc(cc3)Oc3cc(ccc3O)CCc3cc(O)ccc3Oc3ccc(cc3)C2S1. The molecule has 4 aliphatic heterocycles. The van der Waals surface area contributed by atoms with Crippen molar-refractivity contribution in [3.8, 4) is 34.5 Å². The van der Waals surface area contributed by atoms with E-state index < -0.39 is 0 Å². The lowest BCUT2D eigenvalue weighted by Gasteiger charge is -2.19. The van der Waals surface area contributed by atoms with E-state index in [-0.39, 0.29) is 22.8 Å². The Bertz CT molecular complexity index is 1450. The van der Waals surface area contributed by atoms with Gasteiger partial charge in [-0.1, -0.05) is 42.1 Å². The van der Waals surface area contributed by atoms with Crippen LogP contribution in [0.2, 0.25) is 0 Å². The van der Waals surface area contributed by atoms with Crippen LogP contribution in [0.25, 0.3) is 0 Å². The average Bonchev–Trinajstić information content (AvgIpc) is 3.28. The highest BCUT2D eigenvalue weighted by Crippen LogP contribution is 2.48. The fraction of sp³-hybridized carbons (Fsp3) is 0.138. The molecule has 4 heterocycles. The summed E-state index contributed by atoms with van der Waals surface area (Å²) in [6, 6.07) is 26.1. The van der Waals surface area contributed by atoms with Gasteiger partial charge >= 0.3 is 0 Å². The first-order chi connectivity index (χ1) is 17.5. The fourth-order valence-corrected chi connectivity index (χ4v) is 5.65. The molecule has 4 aromatic rings. The highest BCUT2D eigenvalue weighted by atomic mass is 32.2. The topological polar surface area (TPSA) is 97.3 Å². The monoisotopic (exact) mass is 496 g/mol. The van der Waals surface area contributed by atoms with E-state index in [9.17, 15) is 10.2 Å². The number of aromatic hydroxyl groups is 2. The highest BCUT2D eigenvalue weighted by molar-refractivity contribution is 8.14. The molecule has 6 nitrogen and oxygen atoms in total. The average molecular weight is 497 g/mol. The predicted octanol–water partition coefficient (Wildman–Crippen LogP) is 6.62. The minimum Gasteiger partial charge on any atom is -0.508 e. The first-order valence-corrected chi connectivity index (χ1v) is 12.6. The fourth-order valence-electron chi connectivity index (χ4n) is 4.58. The second kappa shape index (κ2) is 9.17. The minimum absolute atomic E-state index is 0.0397. The van der Waals surface area contributed by atoms with E-state index in [1.807, 2.05) is 60.7 Å². The Labute approximate surface area is 213 Å². The van der Waals surface area contributed by atoms with Crippen molar-refractivity contribution >= 4 is 16.9 Å². The molecule has 0 aromatic heterocycles. The van der Waals surface area contributed by atoms with Crippen LogP contribution in [0.3, 0.4) is 0 Å². The van der Waals surface area contributed by atoms with Crippen LogP contribution in [0.4, 0.5) is 0 Å². The Morgan fingerprint density at radius 3 is 2.19 bits per heavy atom. The molecular weight excluding hydrogens is 472 g/mol. The van der Waals surface area contributed by atoms with Gasteiger partial charge in [0.15, 0.2) is 16.7 Å². The van der Waals surface area contributed by atoms with Crippen LogP contribution in [-0.4, -0.2) is 15.4 Å². The van der Waals surface area contributed by atoms with Gasteiger partial charge in [-0.05, 0) is 89.7 Å². The highest BCUT2D eigenvalue weighted by Gasteiger charge is 2.32. The second-order valence-electron chi connectivity index (χ2n) is 8.89. The molecule has 0 amide bonds. The van der Waals surface area contributed by atoms with Crippen molar-refractivity contribution in [1.29, 1.82) is 0 Å². The van der Waals surface area contributed by atoms with Crippen LogP contribution in [0.1, 0.15) is 33.5 Å². The predicted molar refractivity (Wildman–Crippen MR) is 141 cm³/mol. The van der Waals surface area contributed by atoms with E-state index in [0.29, 0.717) is 41.0 Å². The molecule has 4 aromatic carbocycles. The van der Waals surface area contributed by atoms with Crippen molar-refractivity contribution in [2.24, 2.45) is 10.7 Å². The summed E-state index contributed by atoms with van der Waals surface area (Å²) in [6.45, 7) is 0. The van der Waals surface area contributed by atoms with Crippen LogP contribution < -0.4 is 15.2 Å². The van der Waals surface area contributed by atoms with Gasteiger partial charge in [-0.15, -0.1) is 0 Å². The molecule has 8 rings (SSSR count). The van der Waals surface area contributed by atoms with Crippen molar-refractivity contribution in [2.45, 2.75) is 24.1 Å². The number of thioether (sulfide) groups is 1. The lowest BCUT2D eigenvalue weighted by atomic mass is 9.98. The van der Waals surface area contributed by atoms with E-state index >= 15 is 0 Å². The van der Waals surface area contributed by atoms with Crippen molar-refractivity contribution in [3.05, 3.63) is 107 Å². The normalized spacial score (nSPS) is 18.6. The van der Waals surface area contributed by atoms with Gasteiger partial charge in [0.2, 0.25) is 0 Å². The van der Waals surface area contributed by atoms with Gasteiger partial charge in [0.1, 0.15) is 23.0 Å². The maximum Gasteiger partial charge on any atom is 0.169 e. The Kier molecular flexibility index (Phi) is 5.70. The summed E-state index contributed by atoms with van der Waals surface area (Å²) >= 11 is 1.55. The second-order valence-corrected chi connectivity index (χ2v) is 10.0. The standard InChI is InChI=1S/C29H24N2O4S/c30-29-31-27-18-4-9-23(10-5-18)35-26-15-17(2-13-24(26)33)1-3-20-16-21(32)8-14-25(20)34-22-11-6-19(7-12-22)28(27)36-29/h2,4-16,27-28,32-33H,1,3H2,(H2,30,31). The van der Waals surface area contributed by atoms with Crippen molar-refractivity contribution in [3.63, 3.8) is 0 Å². The molecule has 0 saturated carbocycles. The van der Waals surface area contributed by atoms with E-state index in [2.05, 4.69) is 0 Å². The van der Waals surface area contributed by atoms with Crippen LogP contribution in [0, 0.1) is 0 Å². The molecule has 2 unspecified atom stereocenters. The minimum atomic E-state index is -0.127. The molecule has 0 saturated heterocycles. The van der Waals surface area contributed by atoms with Gasteiger partial charge in [-0.3, -0.25) is 4.99 Å². The van der Waals surface area contributed by atoms with E-state index in [1.165, 1.54) is 0 Å². The third kappa shape index (κ3) is 4.45. The van der Waals surface area contributed by atoms with E-state index in [0.717, 1.165) is 22.3 Å². The molecular formula is C29H24N2O4S. The van der Waals surface area contributed by atoms with Gasteiger partial charge in [0, 0.05) is 0 Å². The molecule has 0 radical (unpaired) electrons. The molecule has 0 spiro atoms. The van der Waals surface area contributed by atoms with Crippen LogP contribution in [0.5, 0.6) is 34.5 Å². The lowest BCUT2D eigenvalue weighted by molar-refractivity contribution is 0.410. The summed E-state index contributed by atoms with van der Waals surface area (Å²) in [6.07, 6.45) is 1.31. The molecule has 0 aliphatic carbocycles. The van der Waals surface area contributed by atoms with Crippen LogP contribution in [0.15, 0.2) is 89.9 Å². The zero-order valence-electron chi connectivity index (χ0n) is 19.3. The molecule has 36 heavy (non-hydrogen) atoms. The zero-order valence-corrected chi connectivity index (χ0v) is 20.1. The number of phenolic OH excluding ortho intramolecular Hbond substituents is 2. The number of aliphatic imine (C=N–C) groups is 1. The summed E-state index contributed by atoms with van der Waals surface area (Å²) < 4.78 is 12.2. The van der Waals surface area contributed by atoms with E-state index in [4.69, 9.17) is 20.2 Å². The van der Waals surface area contributed by atoms with Gasteiger partial charge in [0.05, 0.1) is 11.3 Å². The van der Waals surface area contributed by atoms with Crippen LogP contribution >= 0.6 is 11.8 Å². The van der Waals surface area contributed by atoms with Gasteiger partial charge in [0.25, 0.3) is 0 Å². The summed E-state index contributed by atoms with van der Waals surface area (Å²) in [5, 5.41) is 21.1. The molecule has 6 bridgehead atoms. The number of ether oxygens (including phenoxy) is 2. The number of nitrogens with two attached hydrogens (primary N) is 1. The van der Waals surface area contributed by atoms with Gasteiger partial charge in [-0.2, -0.15) is 0 Å². The van der Waals surface area contributed by atoms with Gasteiger partial charge < -0.3 is 25.4 Å². The zero-order chi connectivity index (χ0) is 24.6. The number of benzene rings is 4. The smallest absolute Gasteiger partial charge is 0.169 e. The Morgan fingerprint density at radius 2 is 1.44 bits per heavy atom. The maximum atomic E-state index is 10.4. The van der Waals surface area contributed by atoms with E-state index in [1.54, 1.807) is 36.0 Å². The lowest BCUT2D eigenvalue weighted by Crippen LogP contribution is -2.03. The summed E-state index contributed by atoms with van der Waals surface area (Å²) in [5.41, 5.74) is 10.1. The molecule has 180 valence electrons. The summed E-state index contributed by atoms with van der Waals surface area (Å²) in [5.74, 6) is 2.66. The number of nitrogens with zero attached hydrogens (tertiary/aromatic N) is 1. The third-order valence-electron chi connectivity index (χ3n) is 6.44. The van der Waals surface area contributed by atoms with Crippen LogP contribution in [-0.2, 0) is 12.8 Å². The Balaban J connectivity index is 1.43. The Morgan fingerprint density at radius 1 is 0.750 bits per heavy atom. The number of hydrogen-bond acceptors (Lipinski definition) is 7. The number of aryl methyl sites for hydroxylation is 2. The number of rotatable bonds is 0. The first kappa shape index (κ1) is 22.4. The van der Waals surface area contributed by atoms with Gasteiger partial charge in [-0.25, -0.2) is 0 Å². The number of phenols is 2. The molecule has 4 aliphatic rings. The molecule has 2 atom stereocenters. The molecule has 4 N–H and O–H groups in total. The summed E-state index contributed by atoms with van der Waals surface area (Å²) in [7, 11) is 0. The Hall–Kier alpha value is -4.10. The third-order valence-corrected chi connectivity index (χ3v) is 7.57. The number of hydrogen-bond donors (Lipinski definition) is 3. The molecule has 7 heteroatoms. The number of amidine groups is 1. The maximum absolute atomic E-state index is 10.4. The van der Waals surface area contributed by atoms with Crippen molar-refractivity contribution in [1.82, 2.24) is 0 Å². The molecule has 0 fully saturated rings. The van der Waals surface area contributed by atoms with Crippen molar-refractivity contribution < 1.29 is 19.7 Å².